The van der Waals surface area contributed by atoms with Crippen LogP contribution >= 0.6 is 0 Å². The van der Waals surface area contributed by atoms with E-state index in [0.717, 1.165) is 25.7 Å². The van der Waals surface area contributed by atoms with Gasteiger partial charge in [0.25, 0.3) is 0 Å². The molecule has 2 fully saturated rings. The largest absolute Gasteiger partial charge is 0.460 e. The maximum absolute atomic E-state index is 12.9. The van der Waals surface area contributed by atoms with Gasteiger partial charge in [0.2, 0.25) is 5.85 Å². The summed E-state index contributed by atoms with van der Waals surface area (Å²) < 4.78 is 44.6. The first kappa shape index (κ1) is 24.8. The Bertz CT molecular complexity index is 771. The fraction of sp³-hybridized carbons (Fsp3) is 0.714. The number of hydrogen-bond donors (Lipinski definition) is 7. The molecule has 8 nitrogen and oxygen atoms in total. The lowest BCUT2D eigenvalue weighted by Crippen LogP contribution is -2.61. The number of ether oxygens (including phenoxy) is 1. The Labute approximate surface area is 186 Å². The molecule has 0 aromatic heterocycles. The Morgan fingerprint density at radius 2 is 1.09 bits per heavy atom. The average molecular weight is 460 g/mol. The quantitative estimate of drug-likeness (QED) is 0.256. The lowest BCUT2D eigenvalue weighted by molar-refractivity contribution is -0.185. The monoisotopic (exact) mass is 459 g/mol. The summed E-state index contributed by atoms with van der Waals surface area (Å²) in [5.41, 5.74) is 42.3. The number of rotatable bonds is 5. The van der Waals surface area contributed by atoms with Crippen LogP contribution < -0.4 is 44.9 Å². The summed E-state index contributed by atoms with van der Waals surface area (Å²) in [4.78, 5) is 0. The third kappa shape index (κ3) is 5.57. The molecule has 0 bridgehead atoms. The molecule has 14 N–H and O–H groups in total. The molecular formula is C21H36F3N7O. The zero-order valence-corrected chi connectivity index (χ0v) is 18.2. The molecule has 1 aromatic rings. The molecule has 2 aliphatic carbocycles. The molecule has 0 amide bonds. The predicted octanol–water partition coefficient (Wildman–Crippen LogP) is 1.96. The van der Waals surface area contributed by atoms with Crippen molar-refractivity contribution in [1.82, 2.24) is 0 Å². The number of alkyl halides is 3. The van der Waals surface area contributed by atoms with Crippen LogP contribution in [0.15, 0.2) is 12.1 Å². The first-order valence-corrected chi connectivity index (χ1v) is 11.1. The van der Waals surface area contributed by atoms with Crippen molar-refractivity contribution in [3.05, 3.63) is 17.7 Å². The van der Waals surface area contributed by atoms with Crippen molar-refractivity contribution >= 4 is 11.4 Å². The van der Waals surface area contributed by atoms with E-state index >= 15 is 0 Å². The van der Waals surface area contributed by atoms with Gasteiger partial charge in [-0.3, -0.25) is 28.7 Å². The fourth-order valence-corrected chi connectivity index (χ4v) is 5.47. The summed E-state index contributed by atoms with van der Waals surface area (Å²) >= 11 is 0. The minimum absolute atomic E-state index is 0.120. The van der Waals surface area contributed by atoms with Gasteiger partial charge in [0.1, 0.15) is 11.5 Å². The Balaban J connectivity index is 1.57. The summed E-state index contributed by atoms with van der Waals surface area (Å²) in [5.74, 6) is -3.42. The maximum Gasteiger partial charge on any atom is 0.391 e. The number of anilines is 2. The second-order valence-electron chi connectivity index (χ2n) is 9.63. The van der Waals surface area contributed by atoms with Crippen molar-refractivity contribution in [3.8, 4) is 5.75 Å². The first-order chi connectivity index (χ1) is 14.7. The van der Waals surface area contributed by atoms with Crippen molar-refractivity contribution in [2.24, 2.45) is 52.3 Å². The van der Waals surface area contributed by atoms with Gasteiger partial charge < -0.3 is 16.2 Å². The lowest BCUT2D eigenvalue weighted by atomic mass is 9.68. The van der Waals surface area contributed by atoms with Crippen LogP contribution in [0.1, 0.15) is 56.9 Å². The molecule has 0 saturated heterocycles. The Kier molecular flexibility index (Phi) is 6.88. The smallest absolute Gasteiger partial charge is 0.391 e. The van der Waals surface area contributed by atoms with Gasteiger partial charge in [-0.2, -0.15) is 13.2 Å². The molecule has 32 heavy (non-hydrogen) atoms. The van der Waals surface area contributed by atoms with Crippen LogP contribution in [0.3, 0.4) is 0 Å². The summed E-state index contributed by atoms with van der Waals surface area (Å²) in [7, 11) is 0. The van der Waals surface area contributed by atoms with E-state index in [1.807, 2.05) is 0 Å². The SMILES string of the molecule is Nc1cc(OC(N)(N)C2CCC(C3CCC(C(F)(F)F)CC3)CC2)cc(N)c1C(N)(N)N. The van der Waals surface area contributed by atoms with Gasteiger partial charge in [0.15, 0.2) is 0 Å². The molecule has 0 spiro atoms. The Morgan fingerprint density at radius 1 is 0.688 bits per heavy atom. The van der Waals surface area contributed by atoms with E-state index < -0.39 is 23.7 Å². The van der Waals surface area contributed by atoms with Gasteiger partial charge >= 0.3 is 6.18 Å². The minimum atomic E-state index is -4.08. The Morgan fingerprint density at radius 3 is 1.47 bits per heavy atom. The van der Waals surface area contributed by atoms with Gasteiger partial charge in [0.05, 0.1) is 5.92 Å². The second-order valence-corrected chi connectivity index (χ2v) is 9.63. The minimum Gasteiger partial charge on any atom is -0.460 e. The van der Waals surface area contributed by atoms with Crippen LogP contribution in [0, 0.1) is 23.7 Å². The molecule has 0 atom stereocenters. The zero-order valence-electron chi connectivity index (χ0n) is 18.2. The maximum atomic E-state index is 12.9. The molecule has 2 saturated carbocycles. The summed E-state index contributed by atoms with van der Waals surface area (Å²) in [6.07, 6.45) is 0.825. The molecule has 0 radical (unpaired) electrons. The highest BCUT2D eigenvalue weighted by atomic mass is 19.4. The van der Waals surface area contributed by atoms with E-state index in [9.17, 15) is 13.2 Å². The van der Waals surface area contributed by atoms with Crippen molar-refractivity contribution in [2.45, 2.75) is 69.2 Å². The van der Waals surface area contributed by atoms with Gasteiger partial charge in [-0.15, -0.1) is 0 Å². The number of nitrogens with two attached hydrogens (primary N) is 7. The highest BCUT2D eigenvalue weighted by Crippen LogP contribution is 2.46. The van der Waals surface area contributed by atoms with Crippen molar-refractivity contribution < 1.29 is 17.9 Å². The van der Waals surface area contributed by atoms with E-state index in [4.69, 9.17) is 44.9 Å². The second kappa shape index (κ2) is 8.86. The van der Waals surface area contributed by atoms with E-state index in [0.29, 0.717) is 24.7 Å². The standard InChI is InChI=1S/C21H36F3N7O/c22-19(23,24)13-5-1-11(2-6-13)12-3-7-14(8-4-12)21(30,31)32-15-9-16(25)18(17(26)10-15)20(27,28)29/h9-14H,1-8,25-31H2. The van der Waals surface area contributed by atoms with Crippen molar-refractivity contribution in [1.29, 1.82) is 0 Å². The predicted molar refractivity (Wildman–Crippen MR) is 118 cm³/mol. The number of nitrogen functional groups attached to an aromatic ring is 2. The molecule has 1 aromatic carbocycles. The van der Waals surface area contributed by atoms with Crippen LogP contribution in [0.5, 0.6) is 5.75 Å². The van der Waals surface area contributed by atoms with Gasteiger partial charge in [0, 0.05) is 35.0 Å². The van der Waals surface area contributed by atoms with Gasteiger partial charge in [-0.1, -0.05) is 0 Å². The van der Waals surface area contributed by atoms with Crippen LogP contribution in [-0.2, 0) is 5.79 Å². The first-order valence-electron chi connectivity index (χ1n) is 11.1. The van der Waals surface area contributed by atoms with Crippen LogP contribution in [0.2, 0.25) is 0 Å². The third-order valence-corrected chi connectivity index (χ3v) is 7.21. The van der Waals surface area contributed by atoms with Crippen LogP contribution in [0.4, 0.5) is 24.5 Å². The molecule has 0 heterocycles. The van der Waals surface area contributed by atoms with Gasteiger partial charge in [-0.25, -0.2) is 0 Å². The Hall–Kier alpha value is -1.79. The molecule has 182 valence electrons. The topological polar surface area (TPSA) is 191 Å². The normalized spacial score (nSPS) is 27.9. The van der Waals surface area contributed by atoms with E-state index in [1.54, 1.807) is 0 Å². The molecule has 0 unspecified atom stereocenters. The number of hydrogen-bond acceptors (Lipinski definition) is 8. The molecular weight excluding hydrogens is 423 g/mol. The van der Waals surface area contributed by atoms with Gasteiger partial charge in [-0.05, 0) is 63.2 Å². The third-order valence-electron chi connectivity index (χ3n) is 7.21. The molecule has 2 aliphatic rings. The van der Waals surface area contributed by atoms with Crippen LogP contribution in [0.25, 0.3) is 0 Å². The van der Waals surface area contributed by atoms with Crippen molar-refractivity contribution in [3.63, 3.8) is 0 Å². The average Bonchev–Trinajstić information content (AvgIpc) is 2.65. The number of halogens is 3. The van der Waals surface area contributed by atoms with Crippen LogP contribution in [-0.4, -0.2) is 12.0 Å². The zero-order chi connectivity index (χ0) is 23.9. The lowest BCUT2D eigenvalue weighted by Gasteiger charge is -2.42. The molecule has 0 aliphatic heterocycles. The number of benzene rings is 1. The molecule has 3 rings (SSSR count). The highest BCUT2D eigenvalue weighted by Gasteiger charge is 2.44. The van der Waals surface area contributed by atoms with Crippen molar-refractivity contribution in [2.75, 3.05) is 11.5 Å². The summed E-state index contributed by atoms with van der Waals surface area (Å²) in [6, 6.07) is 2.96. The molecule has 11 heteroatoms. The highest BCUT2D eigenvalue weighted by molar-refractivity contribution is 5.67. The fourth-order valence-electron chi connectivity index (χ4n) is 5.47. The van der Waals surface area contributed by atoms with E-state index in [-0.39, 0.29) is 41.4 Å². The summed E-state index contributed by atoms with van der Waals surface area (Å²) in [5, 5.41) is 0. The summed E-state index contributed by atoms with van der Waals surface area (Å²) in [6.45, 7) is 0. The van der Waals surface area contributed by atoms with E-state index in [1.165, 1.54) is 12.1 Å². The van der Waals surface area contributed by atoms with E-state index in [2.05, 4.69) is 0 Å².